The lowest BCUT2D eigenvalue weighted by atomic mass is 9.97. The van der Waals surface area contributed by atoms with Crippen molar-refractivity contribution in [1.82, 2.24) is 5.32 Å². The number of halogens is 1. The molecule has 1 N–H and O–H groups in total. The summed E-state index contributed by atoms with van der Waals surface area (Å²) in [6.07, 6.45) is 0. The van der Waals surface area contributed by atoms with Gasteiger partial charge in [-0.05, 0) is 34.0 Å². The van der Waals surface area contributed by atoms with Crippen molar-refractivity contribution in [1.29, 1.82) is 5.26 Å². The first-order chi connectivity index (χ1) is 7.54. The molecule has 0 aromatic carbocycles. The van der Waals surface area contributed by atoms with Gasteiger partial charge in [0.25, 0.3) is 0 Å². The molecule has 0 saturated carbocycles. The molecule has 1 aromatic heterocycles. The molecular weight excluding hydrogens is 288 g/mol. The monoisotopic (exact) mass is 300 g/mol. The number of carbonyl (C=O) groups excluding carboxylic acids is 1. The van der Waals surface area contributed by atoms with Crippen LogP contribution in [0.3, 0.4) is 0 Å². The van der Waals surface area contributed by atoms with E-state index in [0.717, 1.165) is 8.66 Å². The van der Waals surface area contributed by atoms with Crippen LogP contribution in [0.5, 0.6) is 0 Å². The lowest BCUT2D eigenvalue weighted by Crippen LogP contribution is -2.32. The topological polar surface area (TPSA) is 52.9 Å². The quantitative estimate of drug-likeness (QED) is 0.929. The lowest BCUT2D eigenvalue weighted by molar-refractivity contribution is -0.124. The molecule has 1 rings (SSSR count). The van der Waals surface area contributed by atoms with E-state index in [2.05, 4.69) is 21.2 Å². The fraction of sp³-hybridized carbons (Fsp3) is 0.455. The molecule has 0 saturated heterocycles. The molecule has 1 atom stereocenters. The Bertz CT molecular complexity index is 408. The standard InChI is InChI=1S/C11H13BrN2OS/c1-7(2)9(5-13)11(15)14-6-8-3-4-10(12)16-8/h3-4,7,9H,6H2,1-2H3,(H,14,15). The third-order valence-electron chi connectivity index (χ3n) is 2.15. The highest BCUT2D eigenvalue weighted by Crippen LogP contribution is 2.21. The summed E-state index contributed by atoms with van der Waals surface area (Å²) in [6.45, 7) is 4.23. The van der Waals surface area contributed by atoms with Crippen molar-refractivity contribution < 1.29 is 4.79 Å². The van der Waals surface area contributed by atoms with Crippen LogP contribution in [0.25, 0.3) is 0 Å². The first-order valence-electron chi connectivity index (χ1n) is 4.96. The maximum atomic E-state index is 11.7. The van der Waals surface area contributed by atoms with Gasteiger partial charge in [-0.15, -0.1) is 11.3 Å². The molecule has 0 aliphatic heterocycles. The fourth-order valence-corrected chi connectivity index (χ4v) is 2.66. The maximum absolute atomic E-state index is 11.7. The molecule has 16 heavy (non-hydrogen) atoms. The number of nitrogens with one attached hydrogen (secondary N) is 1. The summed E-state index contributed by atoms with van der Waals surface area (Å²) in [5.41, 5.74) is 0. The Hall–Kier alpha value is -0.860. The van der Waals surface area contributed by atoms with Crippen LogP contribution in [0.4, 0.5) is 0 Å². The molecule has 0 spiro atoms. The van der Waals surface area contributed by atoms with E-state index in [-0.39, 0.29) is 11.8 Å². The minimum atomic E-state index is -0.566. The third-order valence-corrected chi connectivity index (χ3v) is 3.78. The number of nitriles is 1. The van der Waals surface area contributed by atoms with E-state index in [1.165, 1.54) is 0 Å². The van der Waals surface area contributed by atoms with Crippen LogP contribution < -0.4 is 5.32 Å². The van der Waals surface area contributed by atoms with Crippen LogP contribution in [0.15, 0.2) is 15.9 Å². The van der Waals surface area contributed by atoms with Crippen molar-refractivity contribution in [3.63, 3.8) is 0 Å². The minimum Gasteiger partial charge on any atom is -0.350 e. The second-order valence-corrected chi connectivity index (χ2v) is 6.32. The second kappa shape index (κ2) is 6.02. The lowest BCUT2D eigenvalue weighted by Gasteiger charge is -2.12. The van der Waals surface area contributed by atoms with Gasteiger partial charge in [-0.2, -0.15) is 5.26 Å². The molecule has 3 nitrogen and oxygen atoms in total. The van der Waals surface area contributed by atoms with E-state index >= 15 is 0 Å². The number of nitrogens with zero attached hydrogens (tertiary/aromatic N) is 1. The predicted molar refractivity (Wildman–Crippen MR) is 67.8 cm³/mol. The van der Waals surface area contributed by atoms with Gasteiger partial charge in [-0.3, -0.25) is 4.79 Å². The van der Waals surface area contributed by atoms with Gasteiger partial charge in [0.05, 0.1) is 16.4 Å². The summed E-state index contributed by atoms with van der Waals surface area (Å²) in [7, 11) is 0. The molecule has 86 valence electrons. The molecule has 5 heteroatoms. The van der Waals surface area contributed by atoms with Crippen LogP contribution in [-0.2, 0) is 11.3 Å². The van der Waals surface area contributed by atoms with E-state index in [4.69, 9.17) is 5.26 Å². The SMILES string of the molecule is CC(C)C(C#N)C(=O)NCc1ccc(Br)s1. The molecule has 0 aliphatic carbocycles. The van der Waals surface area contributed by atoms with Crippen LogP contribution in [-0.4, -0.2) is 5.91 Å². The number of rotatable bonds is 4. The predicted octanol–water partition coefficient (Wildman–Crippen LogP) is 2.92. The van der Waals surface area contributed by atoms with Gasteiger partial charge in [0.1, 0.15) is 5.92 Å². The zero-order valence-electron chi connectivity index (χ0n) is 9.16. The Kier molecular flexibility index (Phi) is 4.97. The van der Waals surface area contributed by atoms with Gasteiger partial charge < -0.3 is 5.32 Å². The van der Waals surface area contributed by atoms with Crippen molar-refractivity contribution in [3.05, 3.63) is 20.8 Å². The maximum Gasteiger partial charge on any atom is 0.237 e. The summed E-state index contributed by atoms with van der Waals surface area (Å²) >= 11 is 4.93. The van der Waals surface area contributed by atoms with Gasteiger partial charge in [-0.25, -0.2) is 0 Å². The average molecular weight is 301 g/mol. The van der Waals surface area contributed by atoms with E-state index in [9.17, 15) is 4.79 Å². The van der Waals surface area contributed by atoms with E-state index in [0.29, 0.717) is 6.54 Å². The van der Waals surface area contributed by atoms with Gasteiger partial charge in [0.2, 0.25) is 5.91 Å². The van der Waals surface area contributed by atoms with Crippen molar-refractivity contribution in [2.75, 3.05) is 0 Å². The Balaban J connectivity index is 2.50. The molecule has 1 heterocycles. The number of carbonyl (C=O) groups is 1. The zero-order valence-corrected chi connectivity index (χ0v) is 11.6. The average Bonchev–Trinajstić information content (AvgIpc) is 2.62. The van der Waals surface area contributed by atoms with E-state index < -0.39 is 5.92 Å². The number of hydrogen-bond donors (Lipinski definition) is 1. The fourth-order valence-electron chi connectivity index (χ4n) is 1.24. The third kappa shape index (κ3) is 3.62. The highest BCUT2D eigenvalue weighted by Gasteiger charge is 2.21. The van der Waals surface area contributed by atoms with Crippen molar-refractivity contribution in [3.8, 4) is 6.07 Å². The van der Waals surface area contributed by atoms with Crippen LogP contribution in [0, 0.1) is 23.2 Å². The molecule has 0 bridgehead atoms. The van der Waals surface area contributed by atoms with Crippen molar-refractivity contribution in [2.24, 2.45) is 11.8 Å². The molecule has 0 aliphatic rings. The van der Waals surface area contributed by atoms with Gasteiger partial charge in [0, 0.05) is 4.88 Å². The summed E-state index contributed by atoms with van der Waals surface area (Å²) in [5, 5.41) is 11.6. The van der Waals surface area contributed by atoms with Gasteiger partial charge in [-0.1, -0.05) is 13.8 Å². The van der Waals surface area contributed by atoms with E-state index in [1.807, 2.05) is 32.0 Å². The van der Waals surface area contributed by atoms with Gasteiger partial charge in [0.15, 0.2) is 0 Å². The van der Waals surface area contributed by atoms with E-state index in [1.54, 1.807) is 11.3 Å². The number of amides is 1. The molecule has 1 aromatic rings. The normalized spacial score (nSPS) is 12.2. The Morgan fingerprint density at radius 1 is 1.62 bits per heavy atom. The zero-order chi connectivity index (χ0) is 12.1. The van der Waals surface area contributed by atoms with Crippen molar-refractivity contribution >= 4 is 33.2 Å². The largest absolute Gasteiger partial charge is 0.350 e. The Morgan fingerprint density at radius 3 is 2.75 bits per heavy atom. The molecule has 0 radical (unpaired) electrons. The summed E-state index contributed by atoms with van der Waals surface area (Å²) in [4.78, 5) is 12.7. The smallest absolute Gasteiger partial charge is 0.237 e. The first-order valence-corrected chi connectivity index (χ1v) is 6.57. The number of thiophene rings is 1. The molecule has 1 unspecified atom stereocenters. The van der Waals surface area contributed by atoms with Crippen LogP contribution >= 0.6 is 27.3 Å². The first kappa shape index (κ1) is 13.2. The Labute approximate surface area is 108 Å². The van der Waals surface area contributed by atoms with Crippen LogP contribution in [0.2, 0.25) is 0 Å². The van der Waals surface area contributed by atoms with Crippen molar-refractivity contribution in [2.45, 2.75) is 20.4 Å². The van der Waals surface area contributed by atoms with Gasteiger partial charge >= 0.3 is 0 Å². The summed E-state index contributed by atoms with van der Waals surface area (Å²) in [5.74, 6) is -0.717. The summed E-state index contributed by atoms with van der Waals surface area (Å²) in [6, 6.07) is 5.92. The highest BCUT2D eigenvalue weighted by atomic mass is 79.9. The minimum absolute atomic E-state index is 0.0417. The number of hydrogen-bond acceptors (Lipinski definition) is 3. The summed E-state index contributed by atoms with van der Waals surface area (Å²) < 4.78 is 1.04. The van der Waals surface area contributed by atoms with Crippen LogP contribution in [0.1, 0.15) is 18.7 Å². The Morgan fingerprint density at radius 2 is 2.31 bits per heavy atom. The highest BCUT2D eigenvalue weighted by molar-refractivity contribution is 9.11. The molecular formula is C11H13BrN2OS. The molecule has 1 amide bonds. The second-order valence-electron chi connectivity index (χ2n) is 3.77. The molecule has 0 fully saturated rings.